The molecule has 0 aromatic heterocycles. The number of likely N-dealkylation sites (tertiary alicyclic amines) is 1. The highest BCUT2D eigenvalue weighted by atomic mass is 16.5. The van der Waals surface area contributed by atoms with Gasteiger partial charge in [0.05, 0.1) is 13.2 Å². The largest absolute Gasteiger partial charge is 0.378 e. The third-order valence-corrected chi connectivity index (χ3v) is 6.77. The van der Waals surface area contributed by atoms with E-state index in [4.69, 9.17) is 4.74 Å². The molecule has 0 unspecified atom stereocenters. The second kappa shape index (κ2) is 7.74. The molecule has 28 heavy (non-hydrogen) atoms. The van der Waals surface area contributed by atoms with Crippen molar-refractivity contribution in [2.24, 2.45) is 0 Å². The molecule has 0 bridgehead atoms. The molecule has 1 aliphatic carbocycles. The molecule has 6 heteroatoms. The van der Waals surface area contributed by atoms with Crippen LogP contribution in [-0.2, 0) is 14.9 Å². The first kappa shape index (κ1) is 19.2. The lowest BCUT2D eigenvalue weighted by Crippen LogP contribution is -2.47. The van der Waals surface area contributed by atoms with E-state index >= 15 is 0 Å². The van der Waals surface area contributed by atoms with E-state index in [2.05, 4.69) is 24.3 Å². The molecule has 3 amide bonds. The van der Waals surface area contributed by atoms with E-state index in [1.807, 2.05) is 23.9 Å². The number of carbonyl (C=O) groups is 2. The van der Waals surface area contributed by atoms with Crippen molar-refractivity contribution in [2.45, 2.75) is 37.0 Å². The summed E-state index contributed by atoms with van der Waals surface area (Å²) in [7, 11) is 3.62. The number of hydrogen-bond acceptors (Lipinski definition) is 3. The van der Waals surface area contributed by atoms with Crippen LogP contribution < -0.4 is 0 Å². The number of benzene rings is 1. The molecule has 1 atom stereocenters. The number of ether oxygens (including phenoxy) is 1. The summed E-state index contributed by atoms with van der Waals surface area (Å²) in [6.45, 7) is 4.28. The van der Waals surface area contributed by atoms with Crippen molar-refractivity contribution >= 4 is 11.9 Å². The Balaban J connectivity index is 1.49. The third kappa shape index (κ3) is 3.50. The second-order valence-corrected chi connectivity index (χ2v) is 8.63. The lowest BCUT2D eigenvalue weighted by Gasteiger charge is -2.41. The zero-order chi connectivity index (χ0) is 19.7. The van der Waals surface area contributed by atoms with Gasteiger partial charge in [-0.1, -0.05) is 24.3 Å². The Morgan fingerprint density at radius 2 is 1.75 bits per heavy atom. The Kier molecular flexibility index (Phi) is 5.32. The van der Waals surface area contributed by atoms with Crippen LogP contribution >= 0.6 is 0 Å². The highest BCUT2D eigenvalue weighted by molar-refractivity contribution is 5.78. The number of hydrogen-bond donors (Lipinski definition) is 0. The minimum absolute atomic E-state index is 0.0974. The number of amides is 3. The van der Waals surface area contributed by atoms with E-state index in [1.54, 1.807) is 4.90 Å². The van der Waals surface area contributed by atoms with Gasteiger partial charge in [0.1, 0.15) is 0 Å². The molecular formula is C22H31N3O3. The summed E-state index contributed by atoms with van der Waals surface area (Å²) >= 11 is 0. The summed E-state index contributed by atoms with van der Waals surface area (Å²) in [5.41, 5.74) is 2.86. The van der Waals surface area contributed by atoms with Gasteiger partial charge in [-0.25, -0.2) is 4.79 Å². The first-order chi connectivity index (χ1) is 13.5. The molecule has 0 N–H and O–H groups in total. The Morgan fingerprint density at radius 1 is 1.07 bits per heavy atom. The van der Waals surface area contributed by atoms with E-state index in [-0.39, 0.29) is 23.3 Å². The quantitative estimate of drug-likeness (QED) is 0.786. The molecule has 2 heterocycles. The van der Waals surface area contributed by atoms with E-state index in [0.29, 0.717) is 32.7 Å². The van der Waals surface area contributed by atoms with Crippen LogP contribution in [0.15, 0.2) is 24.3 Å². The van der Waals surface area contributed by atoms with Gasteiger partial charge in [-0.15, -0.1) is 0 Å². The topological polar surface area (TPSA) is 53.1 Å². The van der Waals surface area contributed by atoms with Crippen LogP contribution in [0.25, 0.3) is 0 Å². The van der Waals surface area contributed by atoms with Gasteiger partial charge < -0.3 is 19.4 Å². The molecule has 0 radical (unpaired) electrons. The average molecular weight is 386 g/mol. The van der Waals surface area contributed by atoms with Gasteiger partial charge in [0.2, 0.25) is 5.91 Å². The van der Waals surface area contributed by atoms with Crippen molar-refractivity contribution in [1.82, 2.24) is 14.7 Å². The minimum atomic E-state index is 0.0974. The number of carbonyl (C=O) groups excluding carboxylic acids is 2. The SMILES string of the molecule is CN(C)C(=O)N1CCC2(CC1)C[C@@H](CC(=O)N1CCOCC1)c1ccccc12. The van der Waals surface area contributed by atoms with Crippen molar-refractivity contribution in [3.8, 4) is 0 Å². The zero-order valence-corrected chi connectivity index (χ0v) is 17.0. The smallest absolute Gasteiger partial charge is 0.319 e. The first-order valence-corrected chi connectivity index (χ1v) is 10.4. The molecule has 3 aliphatic rings. The summed E-state index contributed by atoms with van der Waals surface area (Å²) in [4.78, 5) is 30.8. The average Bonchev–Trinajstić information content (AvgIpc) is 3.02. The van der Waals surface area contributed by atoms with Crippen LogP contribution in [0.5, 0.6) is 0 Å². The molecule has 2 fully saturated rings. The fourth-order valence-electron chi connectivity index (χ4n) is 5.24. The van der Waals surface area contributed by atoms with Crippen LogP contribution in [0.1, 0.15) is 42.7 Å². The minimum Gasteiger partial charge on any atom is -0.378 e. The van der Waals surface area contributed by atoms with Crippen molar-refractivity contribution in [3.05, 3.63) is 35.4 Å². The number of piperidine rings is 1. The molecular weight excluding hydrogens is 354 g/mol. The highest BCUT2D eigenvalue weighted by Gasteiger charge is 2.46. The molecule has 0 saturated carbocycles. The van der Waals surface area contributed by atoms with E-state index < -0.39 is 0 Å². The van der Waals surface area contributed by atoms with Gasteiger partial charge in [-0.05, 0) is 41.7 Å². The summed E-state index contributed by atoms with van der Waals surface area (Å²) in [6.07, 6.45) is 3.56. The predicted octanol–water partition coefficient (Wildman–Crippen LogP) is 2.44. The first-order valence-electron chi connectivity index (χ1n) is 10.4. The van der Waals surface area contributed by atoms with Crippen LogP contribution in [-0.4, -0.2) is 80.1 Å². The van der Waals surface area contributed by atoms with Crippen molar-refractivity contribution < 1.29 is 14.3 Å². The second-order valence-electron chi connectivity index (χ2n) is 8.63. The maximum absolute atomic E-state index is 12.9. The normalized spacial score (nSPS) is 23.6. The molecule has 1 aromatic carbocycles. The van der Waals surface area contributed by atoms with Crippen LogP contribution in [0.2, 0.25) is 0 Å². The van der Waals surface area contributed by atoms with Gasteiger partial charge in [0.15, 0.2) is 0 Å². The van der Waals surface area contributed by atoms with Gasteiger partial charge in [0.25, 0.3) is 0 Å². The number of fused-ring (bicyclic) bond motifs is 2. The van der Waals surface area contributed by atoms with Crippen LogP contribution in [0, 0.1) is 0 Å². The summed E-state index contributed by atoms with van der Waals surface area (Å²) in [6, 6.07) is 8.76. The lowest BCUT2D eigenvalue weighted by atomic mass is 9.73. The Labute approximate surface area is 167 Å². The summed E-state index contributed by atoms with van der Waals surface area (Å²) in [5, 5.41) is 0. The summed E-state index contributed by atoms with van der Waals surface area (Å²) in [5.74, 6) is 0.531. The maximum Gasteiger partial charge on any atom is 0.319 e. The maximum atomic E-state index is 12.9. The predicted molar refractivity (Wildman–Crippen MR) is 107 cm³/mol. The lowest BCUT2D eigenvalue weighted by molar-refractivity contribution is -0.135. The fourth-order valence-corrected chi connectivity index (χ4v) is 5.24. The molecule has 152 valence electrons. The molecule has 4 rings (SSSR count). The standard InChI is InChI=1S/C22H31N3O3/c1-23(2)21(27)25-9-7-22(8-10-25)16-17(18-5-3-4-6-19(18)22)15-20(26)24-11-13-28-14-12-24/h3-6,17H,7-16H2,1-2H3/t17-/m1/s1. The fraction of sp³-hybridized carbons (Fsp3) is 0.636. The van der Waals surface area contributed by atoms with Crippen molar-refractivity contribution in [1.29, 1.82) is 0 Å². The van der Waals surface area contributed by atoms with Gasteiger partial charge >= 0.3 is 6.03 Å². The van der Waals surface area contributed by atoms with Gasteiger partial charge in [-0.3, -0.25) is 4.79 Å². The van der Waals surface area contributed by atoms with Crippen LogP contribution in [0.3, 0.4) is 0 Å². The zero-order valence-electron chi connectivity index (χ0n) is 17.0. The monoisotopic (exact) mass is 385 g/mol. The van der Waals surface area contributed by atoms with Crippen molar-refractivity contribution in [2.75, 3.05) is 53.5 Å². The van der Waals surface area contributed by atoms with E-state index in [1.165, 1.54) is 11.1 Å². The Hall–Kier alpha value is -2.08. The Morgan fingerprint density at radius 3 is 2.43 bits per heavy atom. The number of rotatable bonds is 2. The van der Waals surface area contributed by atoms with Gasteiger partial charge in [0, 0.05) is 46.7 Å². The number of morpholine rings is 1. The van der Waals surface area contributed by atoms with E-state index in [0.717, 1.165) is 32.4 Å². The molecule has 2 saturated heterocycles. The molecule has 2 aliphatic heterocycles. The molecule has 1 spiro atoms. The summed E-state index contributed by atoms with van der Waals surface area (Å²) < 4.78 is 5.38. The number of nitrogens with zero attached hydrogens (tertiary/aromatic N) is 3. The number of urea groups is 1. The Bertz CT molecular complexity index is 734. The van der Waals surface area contributed by atoms with Gasteiger partial charge in [-0.2, -0.15) is 0 Å². The van der Waals surface area contributed by atoms with Crippen molar-refractivity contribution in [3.63, 3.8) is 0 Å². The van der Waals surface area contributed by atoms with Crippen LogP contribution in [0.4, 0.5) is 4.79 Å². The highest BCUT2D eigenvalue weighted by Crippen LogP contribution is 2.52. The third-order valence-electron chi connectivity index (χ3n) is 6.77. The molecule has 1 aromatic rings. The van der Waals surface area contributed by atoms with E-state index in [9.17, 15) is 9.59 Å². The molecule has 6 nitrogen and oxygen atoms in total.